The summed E-state index contributed by atoms with van der Waals surface area (Å²) >= 11 is 11.8. The molecule has 4 heteroatoms. The molecule has 0 radical (unpaired) electrons. The van der Waals surface area contributed by atoms with E-state index in [0.29, 0.717) is 16.7 Å². The molecule has 1 N–H and O–H groups in total. The fourth-order valence-corrected chi connectivity index (χ4v) is 2.10. The Hall–Kier alpha value is -0.280. The van der Waals surface area contributed by atoms with Gasteiger partial charge in [0.25, 0.3) is 0 Å². The third kappa shape index (κ3) is 2.39. The second kappa shape index (κ2) is 4.49. The minimum atomic E-state index is 0.208. The van der Waals surface area contributed by atoms with E-state index in [4.69, 9.17) is 27.9 Å². The van der Waals surface area contributed by atoms with Crippen molar-refractivity contribution in [3.8, 4) is 0 Å². The second-order valence-electron chi connectivity index (χ2n) is 3.28. The summed E-state index contributed by atoms with van der Waals surface area (Å²) in [6.45, 7) is 2.32. The van der Waals surface area contributed by atoms with Crippen LogP contribution in [0.3, 0.4) is 0 Å². The smallest absolute Gasteiger partial charge is 0.0662 e. The monoisotopic (exact) mass is 231 g/mol. The lowest BCUT2D eigenvalue weighted by Crippen LogP contribution is -2.34. The Kier molecular flexibility index (Phi) is 3.29. The molecule has 0 unspecified atom stereocenters. The summed E-state index contributed by atoms with van der Waals surface area (Å²) in [6.07, 6.45) is 0. The average Bonchev–Trinajstić information content (AvgIpc) is 2.18. The summed E-state index contributed by atoms with van der Waals surface area (Å²) in [7, 11) is 0. The highest BCUT2D eigenvalue weighted by Crippen LogP contribution is 2.24. The molecule has 2 nitrogen and oxygen atoms in total. The molecule has 14 heavy (non-hydrogen) atoms. The molecule has 0 aliphatic carbocycles. The Morgan fingerprint density at radius 1 is 1.21 bits per heavy atom. The Balaban J connectivity index is 2.21. The maximum atomic E-state index is 5.92. The van der Waals surface area contributed by atoms with E-state index in [0.717, 1.165) is 18.7 Å². The van der Waals surface area contributed by atoms with Crippen LogP contribution in [0.4, 0.5) is 0 Å². The van der Waals surface area contributed by atoms with Crippen molar-refractivity contribution in [3.63, 3.8) is 0 Å². The number of nitrogens with one attached hydrogen (secondary N) is 1. The van der Waals surface area contributed by atoms with Crippen LogP contribution in [-0.4, -0.2) is 19.8 Å². The second-order valence-corrected chi connectivity index (χ2v) is 4.16. The summed E-state index contributed by atoms with van der Waals surface area (Å²) in [5.74, 6) is 0. The topological polar surface area (TPSA) is 21.3 Å². The SMILES string of the molecule is Clc1cc(Cl)cc([C@H]2COCCN2)c1. The minimum Gasteiger partial charge on any atom is -0.378 e. The molecule has 1 heterocycles. The maximum absolute atomic E-state index is 5.92. The molecule has 1 atom stereocenters. The first-order valence-electron chi connectivity index (χ1n) is 4.53. The first-order chi connectivity index (χ1) is 6.75. The first-order valence-corrected chi connectivity index (χ1v) is 5.28. The highest BCUT2D eigenvalue weighted by Gasteiger charge is 2.15. The van der Waals surface area contributed by atoms with E-state index in [-0.39, 0.29) is 6.04 Å². The van der Waals surface area contributed by atoms with Crippen LogP contribution in [0.5, 0.6) is 0 Å². The molecule has 1 aliphatic rings. The van der Waals surface area contributed by atoms with Crippen molar-refractivity contribution in [1.82, 2.24) is 5.32 Å². The van der Waals surface area contributed by atoms with Gasteiger partial charge in [-0.2, -0.15) is 0 Å². The Bertz CT molecular complexity index is 304. The molecular weight excluding hydrogens is 221 g/mol. The van der Waals surface area contributed by atoms with Gasteiger partial charge in [0.05, 0.1) is 19.3 Å². The molecular formula is C10H11Cl2NO. The van der Waals surface area contributed by atoms with Gasteiger partial charge in [0.2, 0.25) is 0 Å². The molecule has 1 saturated heterocycles. The third-order valence-corrected chi connectivity index (χ3v) is 2.65. The fourth-order valence-electron chi connectivity index (χ4n) is 1.56. The summed E-state index contributed by atoms with van der Waals surface area (Å²) in [4.78, 5) is 0. The molecule has 0 amide bonds. The zero-order valence-corrected chi connectivity index (χ0v) is 9.11. The van der Waals surface area contributed by atoms with Gasteiger partial charge in [-0.05, 0) is 23.8 Å². The molecule has 1 aromatic rings. The lowest BCUT2D eigenvalue weighted by Gasteiger charge is -2.24. The number of rotatable bonds is 1. The fraction of sp³-hybridized carbons (Fsp3) is 0.400. The quantitative estimate of drug-likeness (QED) is 0.803. The summed E-state index contributed by atoms with van der Waals surface area (Å²) in [5.41, 5.74) is 1.09. The molecule has 0 spiro atoms. The van der Waals surface area contributed by atoms with Crippen molar-refractivity contribution < 1.29 is 4.74 Å². The number of benzene rings is 1. The van der Waals surface area contributed by atoms with Gasteiger partial charge in [-0.15, -0.1) is 0 Å². The van der Waals surface area contributed by atoms with Gasteiger partial charge in [-0.3, -0.25) is 0 Å². The largest absolute Gasteiger partial charge is 0.378 e. The van der Waals surface area contributed by atoms with Gasteiger partial charge in [0.1, 0.15) is 0 Å². The highest BCUT2D eigenvalue weighted by molar-refractivity contribution is 6.34. The van der Waals surface area contributed by atoms with Crippen LogP contribution in [-0.2, 0) is 4.74 Å². The van der Waals surface area contributed by atoms with Gasteiger partial charge in [-0.25, -0.2) is 0 Å². The van der Waals surface area contributed by atoms with Crippen LogP contribution in [0.1, 0.15) is 11.6 Å². The van der Waals surface area contributed by atoms with E-state index in [1.807, 2.05) is 12.1 Å². The van der Waals surface area contributed by atoms with E-state index >= 15 is 0 Å². The van der Waals surface area contributed by atoms with Crippen LogP contribution in [0.2, 0.25) is 10.0 Å². The molecule has 1 aromatic carbocycles. The van der Waals surface area contributed by atoms with Gasteiger partial charge < -0.3 is 10.1 Å². The van der Waals surface area contributed by atoms with Gasteiger partial charge in [-0.1, -0.05) is 23.2 Å². The number of halogens is 2. The summed E-state index contributed by atoms with van der Waals surface area (Å²) in [6, 6.07) is 5.77. The Labute approximate surface area is 93.2 Å². The lowest BCUT2D eigenvalue weighted by molar-refractivity contribution is 0.0769. The normalized spacial score (nSPS) is 22.3. The number of ether oxygens (including phenoxy) is 1. The molecule has 1 aliphatic heterocycles. The van der Waals surface area contributed by atoms with Crippen LogP contribution >= 0.6 is 23.2 Å². The Morgan fingerprint density at radius 2 is 1.93 bits per heavy atom. The number of hydrogen-bond acceptors (Lipinski definition) is 2. The standard InChI is InChI=1S/C10H11Cl2NO/c11-8-3-7(4-9(12)5-8)10-6-14-2-1-13-10/h3-5,10,13H,1-2,6H2/t10-/m1/s1. The molecule has 0 saturated carbocycles. The lowest BCUT2D eigenvalue weighted by atomic mass is 10.1. The molecule has 1 fully saturated rings. The van der Waals surface area contributed by atoms with Crippen LogP contribution < -0.4 is 5.32 Å². The molecule has 0 aromatic heterocycles. The van der Waals surface area contributed by atoms with Crippen LogP contribution in [0, 0.1) is 0 Å². The predicted molar refractivity (Wildman–Crippen MR) is 58.0 cm³/mol. The van der Waals surface area contributed by atoms with E-state index in [9.17, 15) is 0 Å². The van der Waals surface area contributed by atoms with Gasteiger partial charge >= 0.3 is 0 Å². The van der Waals surface area contributed by atoms with E-state index in [1.165, 1.54) is 0 Å². The van der Waals surface area contributed by atoms with E-state index in [2.05, 4.69) is 5.32 Å². The zero-order valence-electron chi connectivity index (χ0n) is 7.59. The average molecular weight is 232 g/mol. The number of morpholine rings is 1. The van der Waals surface area contributed by atoms with Crippen molar-refractivity contribution in [2.75, 3.05) is 19.8 Å². The number of hydrogen-bond donors (Lipinski definition) is 1. The zero-order chi connectivity index (χ0) is 9.97. The van der Waals surface area contributed by atoms with Gasteiger partial charge in [0.15, 0.2) is 0 Å². The molecule has 2 rings (SSSR count). The van der Waals surface area contributed by atoms with E-state index < -0.39 is 0 Å². The molecule has 0 bridgehead atoms. The van der Waals surface area contributed by atoms with Crippen LogP contribution in [0.15, 0.2) is 18.2 Å². The maximum Gasteiger partial charge on any atom is 0.0662 e. The van der Waals surface area contributed by atoms with E-state index in [1.54, 1.807) is 6.07 Å². The first kappa shape index (κ1) is 10.2. The van der Waals surface area contributed by atoms with Crippen LogP contribution in [0.25, 0.3) is 0 Å². The van der Waals surface area contributed by atoms with Gasteiger partial charge in [0, 0.05) is 16.6 Å². The predicted octanol–water partition coefficient (Wildman–Crippen LogP) is 2.65. The summed E-state index contributed by atoms with van der Waals surface area (Å²) < 4.78 is 5.37. The molecule has 76 valence electrons. The van der Waals surface area contributed by atoms with Crippen molar-refractivity contribution in [2.45, 2.75) is 6.04 Å². The van der Waals surface area contributed by atoms with Crippen molar-refractivity contribution in [3.05, 3.63) is 33.8 Å². The van der Waals surface area contributed by atoms with Crippen molar-refractivity contribution in [1.29, 1.82) is 0 Å². The van der Waals surface area contributed by atoms with Crippen molar-refractivity contribution in [2.24, 2.45) is 0 Å². The highest BCUT2D eigenvalue weighted by atomic mass is 35.5. The van der Waals surface area contributed by atoms with Crippen molar-refractivity contribution >= 4 is 23.2 Å². The minimum absolute atomic E-state index is 0.208. The summed E-state index contributed by atoms with van der Waals surface area (Å²) in [5, 5.41) is 4.68. The Morgan fingerprint density at radius 3 is 2.50 bits per heavy atom. The third-order valence-electron chi connectivity index (χ3n) is 2.21.